The van der Waals surface area contributed by atoms with Crippen molar-refractivity contribution in [1.82, 2.24) is 4.72 Å². The van der Waals surface area contributed by atoms with E-state index in [1.165, 1.54) is 32.4 Å². The fraction of sp³-hybridized carbons (Fsp3) is 0.308. The van der Waals surface area contributed by atoms with Gasteiger partial charge in [0.1, 0.15) is 27.8 Å². The molecule has 6 nitrogen and oxygen atoms in total. The molecule has 0 amide bonds. The maximum Gasteiger partial charge on any atom is 0.243 e. The molecule has 2 N–H and O–H groups in total. The summed E-state index contributed by atoms with van der Waals surface area (Å²) >= 11 is 0. The topological polar surface area (TPSA) is 84.9 Å². The van der Waals surface area contributed by atoms with E-state index in [-0.39, 0.29) is 5.92 Å². The molecule has 0 heterocycles. The summed E-state index contributed by atoms with van der Waals surface area (Å²) in [6, 6.07) is 17.7. The zero-order valence-electron chi connectivity index (χ0n) is 19.7. The summed E-state index contributed by atoms with van der Waals surface area (Å²) in [5, 5.41) is 12.3. The van der Waals surface area contributed by atoms with Gasteiger partial charge < -0.3 is 14.6 Å². The van der Waals surface area contributed by atoms with E-state index in [9.17, 15) is 17.9 Å². The van der Waals surface area contributed by atoms with Crippen LogP contribution in [0.2, 0.25) is 0 Å². The van der Waals surface area contributed by atoms with Crippen molar-refractivity contribution in [3.63, 3.8) is 0 Å². The highest BCUT2D eigenvalue weighted by molar-refractivity contribution is 7.89. The van der Waals surface area contributed by atoms with Gasteiger partial charge in [0.2, 0.25) is 10.0 Å². The zero-order chi connectivity index (χ0) is 24.9. The van der Waals surface area contributed by atoms with Crippen LogP contribution in [-0.2, 0) is 15.6 Å². The summed E-state index contributed by atoms with van der Waals surface area (Å²) in [6.07, 6.45) is 0.555. The van der Waals surface area contributed by atoms with Crippen LogP contribution < -0.4 is 14.2 Å². The number of benzene rings is 3. The summed E-state index contributed by atoms with van der Waals surface area (Å²) in [5.74, 6) is -0.00759. The first kappa shape index (κ1) is 25.7. The zero-order valence-corrected chi connectivity index (χ0v) is 20.5. The molecule has 0 bridgehead atoms. The third-order valence-electron chi connectivity index (χ3n) is 6.13. The number of nitrogens with one attached hydrogen (secondary N) is 1. The lowest BCUT2D eigenvalue weighted by molar-refractivity contribution is 0.0246. The van der Waals surface area contributed by atoms with Crippen molar-refractivity contribution in [2.24, 2.45) is 5.92 Å². The first-order chi connectivity index (χ1) is 16.2. The molecule has 0 aliphatic heterocycles. The molecular weight excluding hydrogens is 457 g/mol. The van der Waals surface area contributed by atoms with Gasteiger partial charge in [-0.05, 0) is 53.4 Å². The minimum atomic E-state index is -4.30. The number of rotatable bonds is 10. The van der Waals surface area contributed by atoms with Gasteiger partial charge >= 0.3 is 0 Å². The lowest BCUT2D eigenvalue weighted by atomic mass is 9.75. The molecule has 34 heavy (non-hydrogen) atoms. The fourth-order valence-electron chi connectivity index (χ4n) is 3.96. The monoisotopic (exact) mass is 487 g/mol. The van der Waals surface area contributed by atoms with E-state index < -0.39 is 32.4 Å². The van der Waals surface area contributed by atoms with E-state index in [1.54, 1.807) is 48.5 Å². The molecule has 2 unspecified atom stereocenters. The summed E-state index contributed by atoms with van der Waals surface area (Å²) in [5.41, 5.74) is -0.869. The van der Waals surface area contributed by atoms with Gasteiger partial charge in [-0.3, -0.25) is 0 Å². The molecule has 3 aromatic rings. The molecule has 3 aromatic carbocycles. The molecule has 0 saturated heterocycles. The van der Waals surface area contributed by atoms with Gasteiger partial charge in [-0.1, -0.05) is 56.7 Å². The van der Waals surface area contributed by atoms with E-state index in [2.05, 4.69) is 4.72 Å². The average molecular weight is 488 g/mol. The third-order valence-corrected chi connectivity index (χ3v) is 7.61. The molecule has 0 radical (unpaired) electrons. The number of methoxy groups -OCH3 is 2. The van der Waals surface area contributed by atoms with Crippen LogP contribution in [0.3, 0.4) is 0 Å². The Morgan fingerprint density at radius 1 is 0.912 bits per heavy atom. The fourth-order valence-corrected chi connectivity index (χ4v) is 5.40. The lowest BCUT2D eigenvalue weighted by Gasteiger charge is -2.40. The highest BCUT2D eigenvalue weighted by Crippen LogP contribution is 2.39. The molecule has 2 atom stereocenters. The van der Waals surface area contributed by atoms with E-state index in [0.29, 0.717) is 29.0 Å². The van der Waals surface area contributed by atoms with Crippen molar-refractivity contribution < 1.29 is 27.4 Å². The quantitative estimate of drug-likeness (QED) is 0.441. The molecule has 0 saturated carbocycles. The molecule has 0 fully saturated rings. The molecule has 0 aliphatic carbocycles. The molecule has 0 spiro atoms. The van der Waals surface area contributed by atoms with Crippen molar-refractivity contribution in [2.45, 2.75) is 36.8 Å². The maximum atomic E-state index is 14.4. The summed E-state index contributed by atoms with van der Waals surface area (Å²) in [7, 11) is -1.23. The molecule has 8 heteroatoms. The minimum Gasteiger partial charge on any atom is -0.497 e. The molecular formula is C26H30FNO5S. The third kappa shape index (κ3) is 5.09. The molecule has 3 rings (SSSR count). The van der Waals surface area contributed by atoms with Crippen LogP contribution in [0.1, 0.15) is 31.4 Å². The Hall–Kier alpha value is -2.94. The van der Waals surface area contributed by atoms with E-state index in [1.807, 2.05) is 13.8 Å². The summed E-state index contributed by atoms with van der Waals surface area (Å²) < 4.78 is 54.1. The standard InChI is InChI=1S/C26H30FNO5S/c1-5-18(2)25(28-34(30,31)24-9-7-6-8-23(24)27)26(29,19-10-14-21(32-3)15-11-19)20-12-16-22(33-4)17-13-20/h6-18,25,28-29H,5H2,1-4H3. The van der Waals surface area contributed by atoms with Crippen LogP contribution >= 0.6 is 0 Å². The Morgan fingerprint density at radius 2 is 1.38 bits per heavy atom. The Kier molecular flexibility index (Phi) is 7.97. The van der Waals surface area contributed by atoms with E-state index in [0.717, 1.165) is 6.07 Å². The number of hydrogen-bond donors (Lipinski definition) is 2. The van der Waals surface area contributed by atoms with Gasteiger partial charge in [-0.15, -0.1) is 0 Å². The van der Waals surface area contributed by atoms with Gasteiger partial charge in [-0.2, -0.15) is 0 Å². The van der Waals surface area contributed by atoms with E-state index >= 15 is 0 Å². The first-order valence-corrected chi connectivity index (χ1v) is 12.4. The second-order valence-corrected chi connectivity index (χ2v) is 9.82. The molecule has 0 aliphatic rings. The highest BCUT2D eigenvalue weighted by Gasteiger charge is 2.45. The Balaban J connectivity index is 2.20. The predicted molar refractivity (Wildman–Crippen MR) is 129 cm³/mol. The average Bonchev–Trinajstić information content (AvgIpc) is 2.86. The lowest BCUT2D eigenvalue weighted by Crippen LogP contribution is -2.54. The highest BCUT2D eigenvalue weighted by atomic mass is 32.2. The Morgan fingerprint density at radius 3 is 1.79 bits per heavy atom. The largest absolute Gasteiger partial charge is 0.497 e. The van der Waals surface area contributed by atoms with Gasteiger partial charge in [-0.25, -0.2) is 17.5 Å². The first-order valence-electron chi connectivity index (χ1n) is 11.0. The van der Waals surface area contributed by atoms with Crippen LogP contribution in [0.5, 0.6) is 11.5 Å². The van der Waals surface area contributed by atoms with Crippen molar-refractivity contribution in [2.75, 3.05) is 14.2 Å². The van der Waals surface area contributed by atoms with E-state index in [4.69, 9.17) is 9.47 Å². The SMILES string of the molecule is CCC(C)C(NS(=O)(=O)c1ccccc1F)C(O)(c1ccc(OC)cc1)c1ccc(OC)cc1. The summed E-state index contributed by atoms with van der Waals surface area (Å²) in [6.45, 7) is 3.74. The molecule has 182 valence electrons. The maximum absolute atomic E-state index is 14.4. The van der Waals surface area contributed by atoms with Gasteiger partial charge in [0.15, 0.2) is 0 Å². The van der Waals surface area contributed by atoms with Gasteiger partial charge in [0.05, 0.1) is 20.3 Å². The van der Waals surface area contributed by atoms with Crippen LogP contribution in [0, 0.1) is 11.7 Å². The van der Waals surface area contributed by atoms with Crippen LogP contribution in [-0.4, -0.2) is 33.8 Å². The predicted octanol–water partition coefficient (Wildman–Crippen LogP) is 4.47. The van der Waals surface area contributed by atoms with Crippen LogP contribution in [0.15, 0.2) is 77.7 Å². The second-order valence-electron chi connectivity index (χ2n) is 8.14. The van der Waals surface area contributed by atoms with Crippen molar-refractivity contribution in [1.29, 1.82) is 0 Å². The van der Waals surface area contributed by atoms with Gasteiger partial charge in [0, 0.05) is 0 Å². The second kappa shape index (κ2) is 10.5. The van der Waals surface area contributed by atoms with Crippen molar-refractivity contribution in [3.05, 3.63) is 89.7 Å². The minimum absolute atomic E-state index is 0.323. The van der Waals surface area contributed by atoms with Crippen molar-refractivity contribution >= 4 is 10.0 Å². The smallest absolute Gasteiger partial charge is 0.243 e. The Bertz CT molecular complexity index is 1150. The summed E-state index contributed by atoms with van der Waals surface area (Å²) in [4.78, 5) is -0.477. The number of hydrogen-bond acceptors (Lipinski definition) is 5. The van der Waals surface area contributed by atoms with Crippen molar-refractivity contribution in [3.8, 4) is 11.5 Å². The van der Waals surface area contributed by atoms with Gasteiger partial charge in [0.25, 0.3) is 0 Å². The molecule has 0 aromatic heterocycles. The Labute approximate surface area is 200 Å². The van der Waals surface area contributed by atoms with Crippen LogP contribution in [0.4, 0.5) is 4.39 Å². The number of halogens is 1. The number of aliphatic hydroxyl groups is 1. The number of ether oxygens (including phenoxy) is 2. The number of sulfonamides is 1. The van der Waals surface area contributed by atoms with Crippen LogP contribution in [0.25, 0.3) is 0 Å². The normalized spacial score (nSPS) is 13.8.